The summed E-state index contributed by atoms with van der Waals surface area (Å²) in [6.45, 7) is 4.32. The number of carbonyl (C=O) groups excluding carboxylic acids is 1. The van der Waals surface area contributed by atoms with Crippen molar-refractivity contribution in [2.75, 3.05) is 13.1 Å². The Labute approximate surface area is 118 Å². The van der Waals surface area contributed by atoms with Crippen LogP contribution in [0.1, 0.15) is 77.6 Å². The molecule has 1 amide bonds. The van der Waals surface area contributed by atoms with Crippen LogP contribution in [0.15, 0.2) is 0 Å². The van der Waals surface area contributed by atoms with Gasteiger partial charge in [-0.15, -0.1) is 0 Å². The first-order chi connectivity index (χ1) is 9.31. The molecule has 1 aliphatic heterocycles. The Hall–Kier alpha value is -0.530. The quantitative estimate of drug-likeness (QED) is 0.738. The van der Waals surface area contributed by atoms with Gasteiger partial charge in [0, 0.05) is 19.0 Å². The molecule has 0 N–H and O–H groups in total. The van der Waals surface area contributed by atoms with Gasteiger partial charge in [-0.3, -0.25) is 4.79 Å². The lowest BCUT2D eigenvalue weighted by atomic mass is 9.79. The number of nitrogens with zero attached hydrogens (tertiary/aromatic N) is 1. The van der Waals surface area contributed by atoms with E-state index in [-0.39, 0.29) is 0 Å². The Kier molecular flexibility index (Phi) is 6.19. The third-order valence-electron chi connectivity index (χ3n) is 5.08. The van der Waals surface area contributed by atoms with Crippen LogP contribution in [0.5, 0.6) is 0 Å². The molecule has 0 unspecified atom stereocenters. The largest absolute Gasteiger partial charge is 0.342 e. The van der Waals surface area contributed by atoms with Crippen molar-refractivity contribution in [3.05, 3.63) is 0 Å². The maximum atomic E-state index is 12.6. The van der Waals surface area contributed by atoms with Gasteiger partial charge in [-0.1, -0.05) is 39.0 Å². The normalized spacial score (nSPS) is 29.0. The zero-order valence-corrected chi connectivity index (χ0v) is 12.7. The second kappa shape index (κ2) is 7.91. The van der Waals surface area contributed by atoms with E-state index in [2.05, 4.69) is 11.8 Å². The van der Waals surface area contributed by atoms with Crippen LogP contribution in [0.2, 0.25) is 0 Å². The lowest BCUT2D eigenvalue weighted by Crippen LogP contribution is -2.38. The SMILES string of the molecule is CCCCC1CCC(C(=O)N2CCCCCC2)CC1. The topological polar surface area (TPSA) is 20.3 Å². The van der Waals surface area contributed by atoms with Crippen LogP contribution in [0, 0.1) is 11.8 Å². The zero-order valence-electron chi connectivity index (χ0n) is 12.7. The number of amides is 1. The molecule has 1 heterocycles. The van der Waals surface area contributed by atoms with Crippen LogP contribution >= 0.6 is 0 Å². The van der Waals surface area contributed by atoms with E-state index in [4.69, 9.17) is 0 Å². The fourth-order valence-electron chi connectivity index (χ4n) is 3.74. The number of likely N-dealkylation sites (tertiary alicyclic amines) is 1. The first-order valence-corrected chi connectivity index (χ1v) is 8.60. The van der Waals surface area contributed by atoms with Gasteiger partial charge in [-0.2, -0.15) is 0 Å². The molecule has 2 heteroatoms. The second-order valence-electron chi connectivity index (χ2n) is 6.60. The zero-order chi connectivity index (χ0) is 13.5. The lowest BCUT2D eigenvalue weighted by Gasteiger charge is -2.31. The Balaban J connectivity index is 1.75. The Morgan fingerprint density at radius 1 is 1.00 bits per heavy atom. The molecule has 1 saturated heterocycles. The molecule has 0 aromatic heterocycles. The van der Waals surface area contributed by atoms with E-state index < -0.39 is 0 Å². The summed E-state index contributed by atoms with van der Waals surface area (Å²) in [7, 11) is 0. The van der Waals surface area contributed by atoms with E-state index in [0.29, 0.717) is 11.8 Å². The third kappa shape index (κ3) is 4.50. The molecule has 2 fully saturated rings. The van der Waals surface area contributed by atoms with Crippen LogP contribution in [-0.4, -0.2) is 23.9 Å². The number of hydrogen-bond acceptors (Lipinski definition) is 1. The minimum Gasteiger partial charge on any atom is -0.342 e. The van der Waals surface area contributed by atoms with Crippen molar-refractivity contribution in [2.45, 2.75) is 77.6 Å². The van der Waals surface area contributed by atoms with Crippen molar-refractivity contribution < 1.29 is 4.79 Å². The highest BCUT2D eigenvalue weighted by Crippen LogP contribution is 2.33. The molecule has 0 bridgehead atoms. The molecule has 0 atom stereocenters. The molecular formula is C17H31NO. The third-order valence-corrected chi connectivity index (χ3v) is 5.08. The van der Waals surface area contributed by atoms with Gasteiger partial charge < -0.3 is 4.90 Å². The molecule has 2 aliphatic rings. The molecule has 19 heavy (non-hydrogen) atoms. The van der Waals surface area contributed by atoms with Crippen molar-refractivity contribution in [1.82, 2.24) is 4.90 Å². The molecule has 0 aromatic rings. The lowest BCUT2D eigenvalue weighted by molar-refractivity contribution is -0.136. The molecule has 2 rings (SSSR count). The van der Waals surface area contributed by atoms with Gasteiger partial charge >= 0.3 is 0 Å². The first-order valence-electron chi connectivity index (χ1n) is 8.60. The van der Waals surface area contributed by atoms with Gasteiger partial charge in [0.1, 0.15) is 0 Å². The van der Waals surface area contributed by atoms with E-state index in [1.807, 2.05) is 0 Å². The van der Waals surface area contributed by atoms with Crippen molar-refractivity contribution in [3.8, 4) is 0 Å². The average molecular weight is 265 g/mol. The summed E-state index contributed by atoms with van der Waals surface area (Å²) < 4.78 is 0. The number of unbranched alkanes of at least 4 members (excludes halogenated alkanes) is 1. The predicted octanol–water partition coefficient (Wildman–Crippen LogP) is 4.39. The van der Waals surface area contributed by atoms with Gasteiger partial charge in [0.25, 0.3) is 0 Å². The molecule has 1 aliphatic carbocycles. The van der Waals surface area contributed by atoms with Crippen LogP contribution in [0.3, 0.4) is 0 Å². The van der Waals surface area contributed by atoms with Crippen molar-refractivity contribution >= 4 is 5.91 Å². The maximum absolute atomic E-state index is 12.6. The van der Waals surface area contributed by atoms with E-state index in [1.54, 1.807) is 0 Å². The summed E-state index contributed by atoms with van der Waals surface area (Å²) in [4.78, 5) is 14.7. The van der Waals surface area contributed by atoms with Gasteiger partial charge in [0.05, 0.1) is 0 Å². The fraction of sp³-hybridized carbons (Fsp3) is 0.941. The number of carbonyl (C=O) groups is 1. The highest BCUT2D eigenvalue weighted by atomic mass is 16.2. The molecule has 0 aromatic carbocycles. The summed E-state index contributed by atoms with van der Waals surface area (Å²) in [5.41, 5.74) is 0. The van der Waals surface area contributed by atoms with E-state index in [1.165, 1.54) is 57.8 Å². The van der Waals surface area contributed by atoms with Crippen molar-refractivity contribution in [2.24, 2.45) is 11.8 Å². The number of rotatable bonds is 4. The standard InChI is InChI=1S/C17H31NO/c1-2-3-8-15-9-11-16(12-10-15)17(19)18-13-6-4-5-7-14-18/h15-16H,2-14H2,1H3. The highest BCUT2D eigenvalue weighted by molar-refractivity contribution is 5.78. The summed E-state index contributed by atoms with van der Waals surface area (Å²) in [6, 6.07) is 0. The highest BCUT2D eigenvalue weighted by Gasteiger charge is 2.29. The Bertz CT molecular complexity index is 260. The van der Waals surface area contributed by atoms with Gasteiger partial charge in [0.15, 0.2) is 0 Å². The molecule has 110 valence electrons. The smallest absolute Gasteiger partial charge is 0.225 e. The van der Waals surface area contributed by atoms with Gasteiger partial charge in [-0.05, 0) is 44.4 Å². The Morgan fingerprint density at radius 3 is 2.21 bits per heavy atom. The summed E-state index contributed by atoms with van der Waals surface area (Å²) in [5.74, 6) is 1.75. The van der Waals surface area contributed by atoms with E-state index in [9.17, 15) is 4.79 Å². The second-order valence-corrected chi connectivity index (χ2v) is 6.60. The van der Waals surface area contributed by atoms with Crippen molar-refractivity contribution in [1.29, 1.82) is 0 Å². The van der Waals surface area contributed by atoms with Crippen LogP contribution in [0.4, 0.5) is 0 Å². The van der Waals surface area contributed by atoms with Crippen LogP contribution in [0.25, 0.3) is 0 Å². The average Bonchev–Trinajstić information content (AvgIpc) is 2.74. The predicted molar refractivity (Wildman–Crippen MR) is 80.0 cm³/mol. The summed E-state index contributed by atoms with van der Waals surface area (Å²) in [6.07, 6.45) is 14.0. The van der Waals surface area contributed by atoms with Crippen molar-refractivity contribution in [3.63, 3.8) is 0 Å². The van der Waals surface area contributed by atoms with Crippen LogP contribution in [-0.2, 0) is 4.79 Å². The molecular weight excluding hydrogens is 234 g/mol. The molecule has 0 radical (unpaired) electrons. The minimum atomic E-state index is 0.357. The first kappa shape index (κ1) is 14.9. The minimum absolute atomic E-state index is 0.357. The summed E-state index contributed by atoms with van der Waals surface area (Å²) >= 11 is 0. The monoisotopic (exact) mass is 265 g/mol. The van der Waals surface area contributed by atoms with Gasteiger partial charge in [-0.25, -0.2) is 0 Å². The number of hydrogen-bond donors (Lipinski definition) is 0. The maximum Gasteiger partial charge on any atom is 0.225 e. The molecule has 0 spiro atoms. The Morgan fingerprint density at radius 2 is 1.63 bits per heavy atom. The molecule has 2 nitrogen and oxygen atoms in total. The van der Waals surface area contributed by atoms with Gasteiger partial charge in [0.2, 0.25) is 5.91 Å². The van der Waals surface area contributed by atoms with E-state index >= 15 is 0 Å². The van der Waals surface area contributed by atoms with E-state index in [0.717, 1.165) is 31.8 Å². The summed E-state index contributed by atoms with van der Waals surface area (Å²) in [5, 5.41) is 0. The molecule has 1 saturated carbocycles. The fourth-order valence-corrected chi connectivity index (χ4v) is 3.74. The van der Waals surface area contributed by atoms with Crippen LogP contribution < -0.4 is 0 Å².